The average molecular weight is 217 g/mol. The highest BCUT2D eigenvalue weighted by Gasteiger charge is 2.09. The molecule has 1 atom stereocenters. The van der Waals surface area contributed by atoms with Crippen molar-refractivity contribution in [3.8, 4) is 0 Å². The predicted octanol–water partition coefficient (Wildman–Crippen LogP) is 0.918. The maximum Gasteiger partial charge on any atom is 0.156 e. The number of hydrogen-bond acceptors (Lipinski definition) is 4. The summed E-state index contributed by atoms with van der Waals surface area (Å²) in [5.74, 6) is 0.243. The third-order valence-corrected chi connectivity index (χ3v) is 2.09. The van der Waals surface area contributed by atoms with E-state index in [1.165, 1.54) is 0 Å². The van der Waals surface area contributed by atoms with Crippen LogP contribution in [0.5, 0.6) is 0 Å². The highest BCUT2D eigenvalue weighted by atomic mass is 16.5. The van der Waals surface area contributed by atoms with Gasteiger partial charge in [0.25, 0.3) is 0 Å². The first kappa shape index (κ1) is 14.2. The molecule has 0 aliphatic heterocycles. The van der Waals surface area contributed by atoms with Crippen molar-refractivity contribution in [2.45, 2.75) is 39.2 Å². The molecule has 0 amide bonds. The maximum atomic E-state index is 8.51. The molecule has 0 bridgehead atoms. The molecule has 0 saturated heterocycles. The van der Waals surface area contributed by atoms with Gasteiger partial charge in [0.15, 0.2) is 5.84 Å². The molecular weight excluding hydrogens is 194 g/mol. The van der Waals surface area contributed by atoms with Crippen LogP contribution >= 0.6 is 0 Å². The molecule has 0 aromatic heterocycles. The molecule has 0 fully saturated rings. The predicted molar refractivity (Wildman–Crippen MR) is 61.2 cm³/mol. The van der Waals surface area contributed by atoms with E-state index in [0.717, 1.165) is 39.0 Å². The Morgan fingerprint density at radius 3 is 2.73 bits per heavy atom. The zero-order valence-electron chi connectivity index (χ0n) is 9.70. The van der Waals surface area contributed by atoms with Gasteiger partial charge >= 0.3 is 0 Å². The SMILES string of the molecule is CCCOCCCNC(CC)C(N)=NO. The van der Waals surface area contributed by atoms with Crippen LogP contribution in [0.25, 0.3) is 0 Å². The zero-order chi connectivity index (χ0) is 11.5. The minimum Gasteiger partial charge on any atom is -0.409 e. The van der Waals surface area contributed by atoms with Gasteiger partial charge < -0.3 is 21.0 Å². The molecular formula is C10H23N3O2. The summed E-state index contributed by atoms with van der Waals surface area (Å²) in [6, 6.07) is -0.0406. The van der Waals surface area contributed by atoms with Gasteiger partial charge in [0.2, 0.25) is 0 Å². The number of amidine groups is 1. The first-order valence-electron chi connectivity index (χ1n) is 5.54. The minimum atomic E-state index is -0.0406. The summed E-state index contributed by atoms with van der Waals surface area (Å²) in [7, 11) is 0. The van der Waals surface area contributed by atoms with Crippen LogP contribution in [0, 0.1) is 0 Å². The highest BCUT2D eigenvalue weighted by Crippen LogP contribution is 1.92. The van der Waals surface area contributed by atoms with Crippen LogP contribution < -0.4 is 11.1 Å². The van der Waals surface area contributed by atoms with E-state index >= 15 is 0 Å². The van der Waals surface area contributed by atoms with Gasteiger partial charge in [0, 0.05) is 13.2 Å². The second-order valence-electron chi connectivity index (χ2n) is 3.41. The normalized spacial score (nSPS) is 14.1. The molecule has 0 aromatic rings. The minimum absolute atomic E-state index is 0.0406. The molecule has 15 heavy (non-hydrogen) atoms. The van der Waals surface area contributed by atoms with Crippen molar-refractivity contribution in [3.05, 3.63) is 0 Å². The molecule has 0 rings (SSSR count). The van der Waals surface area contributed by atoms with Gasteiger partial charge in [0.1, 0.15) is 0 Å². The van der Waals surface area contributed by atoms with Crippen LogP contribution in [0.2, 0.25) is 0 Å². The Morgan fingerprint density at radius 1 is 1.47 bits per heavy atom. The third kappa shape index (κ3) is 7.16. The number of hydrogen-bond donors (Lipinski definition) is 3. The lowest BCUT2D eigenvalue weighted by Crippen LogP contribution is -2.41. The molecule has 0 aromatic carbocycles. The Kier molecular flexibility index (Phi) is 9.21. The quantitative estimate of drug-likeness (QED) is 0.176. The monoisotopic (exact) mass is 217 g/mol. The van der Waals surface area contributed by atoms with E-state index in [-0.39, 0.29) is 11.9 Å². The van der Waals surface area contributed by atoms with Crippen molar-refractivity contribution in [2.24, 2.45) is 10.9 Å². The number of nitrogens with one attached hydrogen (secondary N) is 1. The molecule has 5 heteroatoms. The van der Waals surface area contributed by atoms with Crippen LogP contribution in [-0.4, -0.2) is 36.8 Å². The van der Waals surface area contributed by atoms with Crippen molar-refractivity contribution in [1.29, 1.82) is 0 Å². The Bertz CT molecular complexity index is 174. The molecule has 0 heterocycles. The molecule has 1 unspecified atom stereocenters. The second kappa shape index (κ2) is 9.73. The van der Waals surface area contributed by atoms with E-state index < -0.39 is 0 Å². The van der Waals surface area contributed by atoms with Gasteiger partial charge in [-0.15, -0.1) is 0 Å². The highest BCUT2D eigenvalue weighted by molar-refractivity contribution is 5.85. The zero-order valence-corrected chi connectivity index (χ0v) is 9.70. The van der Waals surface area contributed by atoms with Crippen LogP contribution in [0.4, 0.5) is 0 Å². The Labute approximate surface area is 91.7 Å². The van der Waals surface area contributed by atoms with Crippen LogP contribution in [0.3, 0.4) is 0 Å². The first-order chi connectivity index (χ1) is 7.26. The van der Waals surface area contributed by atoms with Crippen molar-refractivity contribution in [3.63, 3.8) is 0 Å². The summed E-state index contributed by atoms with van der Waals surface area (Å²) in [5.41, 5.74) is 5.50. The van der Waals surface area contributed by atoms with Crippen molar-refractivity contribution in [2.75, 3.05) is 19.8 Å². The second-order valence-corrected chi connectivity index (χ2v) is 3.41. The Balaban J connectivity index is 3.47. The van der Waals surface area contributed by atoms with Gasteiger partial charge in [-0.2, -0.15) is 0 Å². The maximum absolute atomic E-state index is 8.51. The molecule has 5 nitrogen and oxygen atoms in total. The molecule has 4 N–H and O–H groups in total. The summed E-state index contributed by atoms with van der Waals surface area (Å²) < 4.78 is 5.33. The lowest BCUT2D eigenvalue weighted by atomic mass is 10.2. The number of rotatable bonds is 9. The van der Waals surface area contributed by atoms with Crippen molar-refractivity contribution < 1.29 is 9.94 Å². The number of nitrogens with two attached hydrogens (primary N) is 1. The van der Waals surface area contributed by atoms with Gasteiger partial charge in [-0.3, -0.25) is 0 Å². The van der Waals surface area contributed by atoms with Crippen LogP contribution in [0.15, 0.2) is 5.16 Å². The van der Waals surface area contributed by atoms with E-state index in [9.17, 15) is 0 Å². The molecule has 90 valence electrons. The largest absolute Gasteiger partial charge is 0.409 e. The first-order valence-corrected chi connectivity index (χ1v) is 5.54. The molecule has 0 aliphatic carbocycles. The standard InChI is InChI=1S/C10H23N3O2/c1-3-7-15-8-5-6-12-9(4-2)10(11)13-14/h9,12,14H,3-8H2,1-2H3,(H2,11,13). The van der Waals surface area contributed by atoms with Crippen LogP contribution in [-0.2, 0) is 4.74 Å². The van der Waals surface area contributed by atoms with Crippen molar-refractivity contribution >= 4 is 5.84 Å². The fourth-order valence-corrected chi connectivity index (χ4v) is 1.22. The summed E-state index contributed by atoms with van der Waals surface area (Å²) in [6.07, 6.45) is 2.80. The lowest BCUT2D eigenvalue weighted by Gasteiger charge is -2.14. The Morgan fingerprint density at radius 2 is 2.20 bits per heavy atom. The van der Waals surface area contributed by atoms with E-state index in [1.54, 1.807) is 0 Å². The van der Waals surface area contributed by atoms with Gasteiger partial charge in [0.05, 0.1) is 6.04 Å². The van der Waals surface area contributed by atoms with Crippen molar-refractivity contribution in [1.82, 2.24) is 5.32 Å². The molecule has 0 radical (unpaired) electrons. The topological polar surface area (TPSA) is 79.9 Å². The average Bonchev–Trinajstić information content (AvgIpc) is 2.27. The molecule has 0 aliphatic rings. The smallest absolute Gasteiger partial charge is 0.156 e. The summed E-state index contributed by atoms with van der Waals surface area (Å²) in [4.78, 5) is 0. The van der Waals surface area contributed by atoms with E-state index in [2.05, 4.69) is 17.4 Å². The van der Waals surface area contributed by atoms with E-state index in [0.29, 0.717) is 0 Å². The summed E-state index contributed by atoms with van der Waals surface area (Å²) >= 11 is 0. The lowest BCUT2D eigenvalue weighted by molar-refractivity contribution is 0.132. The summed E-state index contributed by atoms with van der Waals surface area (Å²) in [6.45, 7) is 6.47. The molecule has 0 saturated carbocycles. The fraction of sp³-hybridized carbons (Fsp3) is 0.900. The number of oxime groups is 1. The van der Waals surface area contributed by atoms with Gasteiger partial charge in [-0.1, -0.05) is 19.0 Å². The van der Waals surface area contributed by atoms with Gasteiger partial charge in [-0.05, 0) is 25.8 Å². The Hall–Kier alpha value is -0.810. The van der Waals surface area contributed by atoms with Gasteiger partial charge in [-0.25, -0.2) is 0 Å². The number of nitrogens with zero attached hydrogens (tertiary/aromatic N) is 1. The number of ether oxygens (including phenoxy) is 1. The third-order valence-electron chi connectivity index (χ3n) is 2.09. The van der Waals surface area contributed by atoms with E-state index in [1.807, 2.05) is 6.92 Å². The summed E-state index contributed by atoms with van der Waals surface area (Å²) in [5, 5.41) is 14.7. The van der Waals surface area contributed by atoms with E-state index in [4.69, 9.17) is 15.7 Å². The fourth-order valence-electron chi connectivity index (χ4n) is 1.22. The molecule has 0 spiro atoms. The van der Waals surface area contributed by atoms with Crippen LogP contribution in [0.1, 0.15) is 33.1 Å².